The third-order valence-electron chi connectivity index (χ3n) is 3.95. The average Bonchev–Trinajstić information content (AvgIpc) is 3.29. The standard InChI is InChI=1S/C20H18FN3O5S2/c1-13(29-17-9-3-2-8-16(17)21)19(25)22-23-20(26)14-6-4-7-15(12-14)24-31(27,28)18-10-5-11-30-18/h2-13,24H,1H3,(H,22,25)(H,23,26). The Morgan fingerprint density at radius 3 is 2.52 bits per heavy atom. The Bertz CT molecular complexity index is 1180. The molecule has 1 aromatic heterocycles. The van der Waals surface area contributed by atoms with Crippen LogP contribution in [0.3, 0.4) is 0 Å². The summed E-state index contributed by atoms with van der Waals surface area (Å²) in [5.74, 6) is -2.09. The molecular weight excluding hydrogens is 445 g/mol. The molecule has 1 heterocycles. The molecule has 31 heavy (non-hydrogen) atoms. The fourth-order valence-electron chi connectivity index (χ4n) is 2.42. The summed E-state index contributed by atoms with van der Waals surface area (Å²) >= 11 is 1.06. The minimum atomic E-state index is -3.76. The van der Waals surface area contributed by atoms with Crippen LogP contribution in [0.5, 0.6) is 5.75 Å². The minimum absolute atomic E-state index is 0.0952. The lowest BCUT2D eigenvalue weighted by Gasteiger charge is -2.15. The Hall–Kier alpha value is -3.44. The number of sulfonamides is 1. The first-order chi connectivity index (χ1) is 14.8. The number of anilines is 1. The van der Waals surface area contributed by atoms with E-state index in [1.165, 1.54) is 55.5 Å². The van der Waals surface area contributed by atoms with Crippen LogP contribution in [0.4, 0.5) is 10.1 Å². The van der Waals surface area contributed by atoms with Crippen LogP contribution in [0.1, 0.15) is 17.3 Å². The monoisotopic (exact) mass is 463 g/mol. The van der Waals surface area contributed by atoms with Crippen molar-refractivity contribution in [3.05, 3.63) is 77.4 Å². The largest absolute Gasteiger partial charge is 0.478 e. The van der Waals surface area contributed by atoms with Crippen molar-refractivity contribution in [2.24, 2.45) is 0 Å². The maximum Gasteiger partial charge on any atom is 0.279 e. The third kappa shape index (κ3) is 5.80. The summed E-state index contributed by atoms with van der Waals surface area (Å²) < 4.78 is 46.0. The number of halogens is 1. The lowest BCUT2D eigenvalue weighted by molar-refractivity contribution is -0.128. The van der Waals surface area contributed by atoms with Crippen molar-refractivity contribution in [3.8, 4) is 5.75 Å². The number of carbonyl (C=O) groups is 2. The molecule has 0 saturated carbocycles. The number of amides is 2. The zero-order valence-electron chi connectivity index (χ0n) is 16.2. The first kappa shape index (κ1) is 22.2. The summed E-state index contributed by atoms with van der Waals surface area (Å²) in [5.41, 5.74) is 4.69. The van der Waals surface area contributed by atoms with Gasteiger partial charge in [-0.1, -0.05) is 24.3 Å². The fourth-order valence-corrected chi connectivity index (χ4v) is 4.46. The van der Waals surface area contributed by atoms with Gasteiger partial charge in [0.25, 0.3) is 21.8 Å². The van der Waals surface area contributed by atoms with E-state index in [1.54, 1.807) is 17.5 Å². The maximum atomic E-state index is 13.6. The van der Waals surface area contributed by atoms with Crippen LogP contribution in [0, 0.1) is 5.82 Å². The van der Waals surface area contributed by atoms with Gasteiger partial charge in [0.15, 0.2) is 17.7 Å². The summed E-state index contributed by atoms with van der Waals surface area (Å²) in [6, 6.07) is 14.5. The fraction of sp³-hybridized carbons (Fsp3) is 0.100. The normalized spacial score (nSPS) is 11.9. The summed E-state index contributed by atoms with van der Waals surface area (Å²) in [6.45, 7) is 1.40. The predicted octanol–water partition coefficient (Wildman–Crippen LogP) is 2.92. The second kappa shape index (κ2) is 9.58. The van der Waals surface area contributed by atoms with Crippen LogP contribution in [0.25, 0.3) is 0 Å². The molecule has 162 valence electrons. The minimum Gasteiger partial charge on any atom is -0.478 e. The van der Waals surface area contributed by atoms with Gasteiger partial charge in [0.05, 0.1) is 0 Å². The smallest absolute Gasteiger partial charge is 0.279 e. The number of rotatable bonds is 7. The van der Waals surface area contributed by atoms with Crippen molar-refractivity contribution < 1.29 is 27.1 Å². The van der Waals surface area contributed by atoms with Crippen molar-refractivity contribution in [2.45, 2.75) is 17.2 Å². The van der Waals surface area contributed by atoms with E-state index in [4.69, 9.17) is 4.74 Å². The molecule has 2 amide bonds. The molecule has 0 aliphatic rings. The first-order valence-corrected chi connectivity index (χ1v) is 11.3. The van der Waals surface area contributed by atoms with E-state index >= 15 is 0 Å². The van der Waals surface area contributed by atoms with Gasteiger partial charge in [-0.3, -0.25) is 25.2 Å². The molecule has 3 aromatic rings. The van der Waals surface area contributed by atoms with Gasteiger partial charge in [-0.15, -0.1) is 11.3 Å². The van der Waals surface area contributed by atoms with Gasteiger partial charge in [-0.05, 0) is 48.7 Å². The third-order valence-corrected chi connectivity index (χ3v) is 6.72. The maximum absolute atomic E-state index is 13.6. The Morgan fingerprint density at radius 2 is 1.81 bits per heavy atom. The SMILES string of the molecule is CC(Oc1ccccc1F)C(=O)NNC(=O)c1cccc(NS(=O)(=O)c2cccs2)c1. The van der Waals surface area contributed by atoms with Gasteiger partial charge in [-0.2, -0.15) is 0 Å². The van der Waals surface area contributed by atoms with Crippen LogP contribution < -0.4 is 20.3 Å². The zero-order valence-corrected chi connectivity index (χ0v) is 17.8. The van der Waals surface area contributed by atoms with Crippen LogP contribution in [-0.2, 0) is 14.8 Å². The molecule has 0 spiro atoms. The van der Waals surface area contributed by atoms with Gasteiger partial charge in [0, 0.05) is 11.3 Å². The Kier molecular flexibility index (Phi) is 6.88. The molecule has 3 rings (SSSR count). The molecule has 0 radical (unpaired) electrons. The van der Waals surface area contributed by atoms with Gasteiger partial charge in [0.1, 0.15) is 4.21 Å². The van der Waals surface area contributed by atoms with Crippen LogP contribution in [0.2, 0.25) is 0 Å². The zero-order chi connectivity index (χ0) is 22.4. The van der Waals surface area contributed by atoms with Crippen LogP contribution >= 0.6 is 11.3 Å². The lowest BCUT2D eigenvalue weighted by Crippen LogP contribution is -2.47. The molecule has 2 aromatic carbocycles. The van der Waals surface area contributed by atoms with E-state index in [-0.39, 0.29) is 21.2 Å². The molecule has 1 atom stereocenters. The Labute approximate surface area is 182 Å². The topological polar surface area (TPSA) is 114 Å². The number of ether oxygens (including phenoxy) is 1. The van der Waals surface area contributed by atoms with Crippen molar-refractivity contribution in [1.82, 2.24) is 10.9 Å². The number of hydrogen-bond acceptors (Lipinski definition) is 6. The Morgan fingerprint density at radius 1 is 1.03 bits per heavy atom. The number of hydrogen-bond donors (Lipinski definition) is 3. The highest BCUT2D eigenvalue weighted by atomic mass is 32.2. The molecule has 0 saturated heterocycles. The molecule has 0 aliphatic heterocycles. The van der Waals surface area contributed by atoms with Gasteiger partial charge >= 0.3 is 0 Å². The van der Waals surface area contributed by atoms with E-state index in [9.17, 15) is 22.4 Å². The molecular formula is C20H18FN3O5S2. The van der Waals surface area contributed by atoms with Gasteiger partial charge < -0.3 is 4.74 Å². The van der Waals surface area contributed by atoms with Crippen LogP contribution in [0.15, 0.2) is 70.3 Å². The number of hydrazine groups is 1. The van der Waals surface area contributed by atoms with Crippen molar-refractivity contribution in [2.75, 3.05) is 4.72 Å². The quantitative estimate of drug-likeness (QED) is 0.466. The average molecular weight is 464 g/mol. The lowest BCUT2D eigenvalue weighted by atomic mass is 10.2. The van der Waals surface area contributed by atoms with Gasteiger partial charge in [0.2, 0.25) is 0 Å². The van der Waals surface area contributed by atoms with Crippen molar-refractivity contribution in [3.63, 3.8) is 0 Å². The summed E-state index contributed by atoms with van der Waals surface area (Å²) in [7, 11) is -3.76. The predicted molar refractivity (Wildman–Crippen MR) is 114 cm³/mol. The number of benzene rings is 2. The van der Waals surface area contributed by atoms with E-state index in [0.717, 1.165) is 11.3 Å². The van der Waals surface area contributed by atoms with Crippen LogP contribution in [-0.4, -0.2) is 26.3 Å². The highest BCUT2D eigenvalue weighted by molar-refractivity contribution is 7.94. The summed E-state index contributed by atoms with van der Waals surface area (Å²) in [4.78, 5) is 24.4. The molecule has 1 unspecified atom stereocenters. The summed E-state index contributed by atoms with van der Waals surface area (Å²) in [5, 5.41) is 1.64. The molecule has 11 heteroatoms. The van der Waals surface area contributed by atoms with E-state index in [2.05, 4.69) is 15.6 Å². The second-order valence-corrected chi connectivity index (χ2v) is 9.11. The first-order valence-electron chi connectivity index (χ1n) is 8.94. The molecule has 3 N–H and O–H groups in total. The van der Waals surface area contributed by atoms with E-state index in [0.29, 0.717) is 0 Å². The van der Waals surface area contributed by atoms with Crippen molar-refractivity contribution >= 4 is 38.9 Å². The molecule has 0 bridgehead atoms. The highest BCUT2D eigenvalue weighted by Crippen LogP contribution is 2.21. The Balaban J connectivity index is 1.59. The number of para-hydroxylation sites is 1. The highest BCUT2D eigenvalue weighted by Gasteiger charge is 2.19. The molecule has 0 fully saturated rings. The number of nitrogens with one attached hydrogen (secondary N) is 3. The number of carbonyl (C=O) groups excluding carboxylic acids is 2. The van der Waals surface area contributed by atoms with Gasteiger partial charge in [-0.25, -0.2) is 12.8 Å². The van der Waals surface area contributed by atoms with E-state index < -0.39 is 33.8 Å². The van der Waals surface area contributed by atoms with E-state index in [1.807, 2.05) is 0 Å². The molecule has 8 nitrogen and oxygen atoms in total. The summed E-state index contributed by atoms with van der Waals surface area (Å²) in [6.07, 6.45) is -1.08. The van der Waals surface area contributed by atoms with Crippen molar-refractivity contribution in [1.29, 1.82) is 0 Å². The second-order valence-electron chi connectivity index (χ2n) is 6.25. The molecule has 0 aliphatic carbocycles. The number of thiophene rings is 1.